The summed E-state index contributed by atoms with van der Waals surface area (Å²) >= 11 is 0. The number of unbranched alkanes of at least 4 members (excludes halogenated alkanes) is 3. The molecular formula is C9H18FO. The summed E-state index contributed by atoms with van der Waals surface area (Å²) in [4.78, 5) is 0. The molecular weight excluding hydrogens is 143 g/mol. The van der Waals surface area contributed by atoms with E-state index in [9.17, 15) is 4.39 Å². The van der Waals surface area contributed by atoms with E-state index in [2.05, 4.69) is 6.92 Å². The van der Waals surface area contributed by atoms with Crippen LogP contribution in [0.5, 0.6) is 0 Å². The molecule has 0 saturated heterocycles. The molecule has 0 aliphatic heterocycles. The fraction of sp³-hybridized carbons (Fsp3) is 0.889. The molecule has 1 radical (unpaired) electrons. The van der Waals surface area contributed by atoms with E-state index >= 15 is 0 Å². The highest BCUT2D eigenvalue weighted by atomic mass is 19.1. The molecule has 0 fully saturated rings. The number of aliphatic hydroxyl groups excluding tert-OH is 1. The van der Waals surface area contributed by atoms with Gasteiger partial charge in [-0.25, -0.2) is 4.39 Å². The summed E-state index contributed by atoms with van der Waals surface area (Å²) in [5, 5.41) is 8.72. The first-order valence-corrected chi connectivity index (χ1v) is 4.35. The van der Waals surface area contributed by atoms with Gasteiger partial charge in [0.1, 0.15) is 12.3 Å². The average Bonchev–Trinajstić information content (AvgIpc) is 1.97. The molecule has 0 rings (SSSR count). The van der Waals surface area contributed by atoms with Crippen LogP contribution in [0.4, 0.5) is 4.39 Å². The minimum Gasteiger partial charge on any atom is -0.384 e. The highest BCUT2D eigenvalue weighted by Crippen LogP contribution is 2.14. The van der Waals surface area contributed by atoms with E-state index < -0.39 is 6.17 Å². The molecule has 2 heteroatoms. The number of halogens is 1. The Morgan fingerprint density at radius 3 is 2.45 bits per heavy atom. The van der Waals surface area contributed by atoms with Crippen molar-refractivity contribution in [3.8, 4) is 0 Å². The van der Waals surface area contributed by atoms with Crippen molar-refractivity contribution in [1.82, 2.24) is 0 Å². The smallest absolute Gasteiger partial charge is 0.131 e. The topological polar surface area (TPSA) is 20.2 Å². The lowest BCUT2D eigenvalue weighted by Crippen LogP contribution is -2.08. The summed E-state index contributed by atoms with van der Waals surface area (Å²) in [6.07, 6.45) is 3.57. The molecule has 0 aliphatic carbocycles. The third-order valence-electron chi connectivity index (χ3n) is 1.76. The first-order chi connectivity index (χ1) is 5.18. The minimum absolute atomic E-state index is 0.0819. The number of hydrogen-bond donors (Lipinski definition) is 1. The molecule has 0 aliphatic rings. The van der Waals surface area contributed by atoms with Crippen molar-refractivity contribution in [3.05, 3.63) is 6.10 Å². The zero-order valence-corrected chi connectivity index (χ0v) is 7.44. The Hall–Kier alpha value is -0.110. The third kappa shape index (κ3) is 6.29. The van der Waals surface area contributed by atoms with Gasteiger partial charge in [-0.05, 0) is 13.3 Å². The number of rotatable bonds is 6. The fourth-order valence-corrected chi connectivity index (χ4v) is 0.959. The molecule has 0 aromatic carbocycles. The minimum atomic E-state index is -1.10. The van der Waals surface area contributed by atoms with Crippen molar-refractivity contribution in [1.29, 1.82) is 0 Å². The summed E-state index contributed by atoms with van der Waals surface area (Å²) in [7, 11) is 0. The Morgan fingerprint density at radius 1 is 1.36 bits per heavy atom. The van der Waals surface area contributed by atoms with Crippen LogP contribution in [0, 0.1) is 6.10 Å². The maximum atomic E-state index is 12.7. The maximum Gasteiger partial charge on any atom is 0.131 e. The lowest BCUT2D eigenvalue weighted by molar-refractivity contribution is 0.177. The molecule has 1 nitrogen and oxygen atoms in total. The van der Waals surface area contributed by atoms with Crippen LogP contribution < -0.4 is 0 Å². The predicted octanol–water partition coefficient (Wildman–Crippen LogP) is 3.22. The maximum absolute atomic E-state index is 12.7. The second-order valence-corrected chi connectivity index (χ2v) is 2.96. The van der Waals surface area contributed by atoms with Crippen molar-refractivity contribution in [2.24, 2.45) is 0 Å². The highest BCUT2D eigenvalue weighted by Gasteiger charge is 2.12. The van der Waals surface area contributed by atoms with Crippen molar-refractivity contribution < 1.29 is 9.50 Å². The molecule has 0 bridgehead atoms. The van der Waals surface area contributed by atoms with Crippen LogP contribution in [-0.2, 0) is 0 Å². The molecule has 0 saturated carbocycles. The lowest BCUT2D eigenvalue weighted by Gasteiger charge is -2.08. The van der Waals surface area contributed by atoms with Crippen LogP contribution in [0.15, 0.2) is 0 Å². The first kappa shape index (κ1) is 10.9. The molecule has 1 atom stereocenters. The monoisotopic (exact) mass is 161 g/mol. The lowest BCUT2D eigenvalue weighted by atomic mass is 10.1. The van der Waals surface area contributed by atoms with Crippen molar-refractivity contribution in [2.45, 2.75) is 52.1 Å². The predicted molar refractivity (Wildman–Crippen MR) is 44.5 cm³/mol. The number of hydrogen-bond acceptors (Lipinski definition) is 1. The van der Waals surface area contributed by atoms with Gasteiger partial charge in [0.2, 0.25) is 0 Å². The quantitative estimate of drug-likeness (QED) is 0.593. The van der Waals surface area contributed by atoms with E-state index in [0.29, 0.717) is 6.42 Å². The summed E-state index contributed by atoms with van der Waals surface area (Å²) in [6, 6.07) is 0. The highest BCUT2D eigenvalue weighted by molar-refractivity contribution is 4.78. The van der Waals surface area contributed by atoms with Gasteiger partial charge in [-0.1, -0.05) is 32.6 Å². The van der Waals surface area contributed by atoms with Crippen LogP contribution in [-0.4, -0.2) is 11.3 Å². The van der Waals surface area contributed by atoms with Crippen LogP contribution in [0.2, 0.25) is 0 Å². The summed E-state index contributed by atoms with van der Waals surface area (Å²) < 4.78 is 12.7. The second-order valence-electron chi connectivity index (χ2n) is 2.96. The van der Waals surface area contributed by atoms with Crippen LogP contribution in [0.3, 0.4) is 0 Å². The molecule has 0 aromatic heterocycles. The molecule has 0 aromatic rings. The van der Waals surface area contributed by atoms with Gasteiger partial charge in [-0.3, -0.25) is 0 Å². The third-order valence-corrected chi connectivity index (χ3v) is 1.76. The molecule has 0 amide bonds. The van der Waals surface area contributed by atoms with Crippen LogP contribution >= 0.6 is 0 Å². The van der Waals surface area contributed by atoms with Gasteiger partial charge in [-0.2, -0.15) is 0 Å². The SMILES string of the molecule is CCCCCCC(F)[C](C)O. The van der Waals surface area contributed by atoms with E-state index in [4.69, 9.17) is 5.11 Å². The van der Waals surface area contributed by atoms with Gasteiger partial charge < -0.3 is 5.11 Å². The van der Waals surface area contributed by atoms with Gasteiger partial charge >= 0.3 is 0 Å². The van der Waals surface area contributed by atoms with E-state index in [0.717, 1.165) is 19.3 Å². The summed E-state index contributed by atoms with van der Waals surface area (Å²) in [5.74, 6) is 0. The Morgan fingerprint density at radius 2 is 2.00 bits per heavy atom. The van der Waals surface area contributed by atoms with Gasteiger partial charge in [0.05, 0.1) is 0 Å². The average molecular weight is 161 g/mol. The van der Waals surface area contributed by atoms with Gasteiger partial charge in [0.25, 0.3) is 0 Å². The molecule has 1 unspecified atom stereocenters. The number of alkyl halides is 1. The molecule has 67 valence electrons. The van der Waals surface area contributed by atoms with E-state index in [1.54, 1.807) is 0 Å². The Balaban J connectivity index is 3.10. The Kier molecular flexibility index (Phi) is 6.52. The molecule has 1 N–H and O–H groups in total. The van der Waals surface area contributed by atoms with E-state index in [-0.39, 0.29) is 6.10 Å². The van der Waals surface area contributed by atoms with Gasteiger partial charge in [0, 0.05) is 0 Å². The van der Waals surface area contributed by atoms with Crippen molar-refractivity contribution in [3.63, 3.8) is 0 Å². The van der Waals surface area contributed by atoms with Gasteiger partial charge in [-0.15, -0.1) is 0 Å². The normalized spacial score (nSPS) is 13.9. The zero-order valence-electron chi connectivity index (χ0n) is 7.44. The zero-order chi connectivity index (χ0) is 8.69. The van der Waals surface area contributed by atoms with Crippen molar-refractivity contribution in [2.75, 3.05) is 0 Å². The second kappa shape index (κ2) is 6.59. The van der Waals surface area contributed by atoms with E-state index in [1.165, 1.54) is 13.3 Å². The van der Waals surface area contributed by atoms with Crippen LogP contribution in [0.1, 0.15) is 46.0 Å². The summed E-state index contributed by atoms with van der Waals surface area (Å²) in [5.41, 5.74) is 0. The Labute approximate surface area is 68.6 Å². The van der Waals surface area contributed by atoms with Gasteiger partial charge in [0.15, 0.2) is 0 Å². The first-order valence-electron chi connectivity index (χ1n) is 4.35. The number of aliphatic hydroxyl groups is 1. The van der Waals surface area contributed by atoms with Crippen LogP contribution in [0.25, 0.3) is 0 Å². The van der Waals surface area contributed by atoms with E-state index in [1.807, 2.05) is 0 Å². The standard InChI is InChI=1S/C9H18FO/c1-3-4-5-6-7-9(10)8(2)11/h9,11H,3-7H2,1-2H3. The van der Waals surface area contributed by atoms with Crippen molar-refractivity contribution >= 4 is 0 Å². The molecule has 0 heterocycles. The molecule has 0 spiro atoms. The fourth-order valence-electron chi connectivity index (χ4n) is 0.959. The largest absolute Gasteiger partial charge is 0.384 e. The summed E-state index contributed by atoms with van der Waals surface area (Å²) in [6.45, 7) is 3.54. The Bertz CT molecular complexity index is 83.6. The molecule has 11 heavy (non-hydrogen) atoms.